The number of hydrogen-bond donors (Lipinski definition) is 1. The van der Waals surface area contributed by atoms with E-state index in [0.29, 0.717) is 17.8 Å². The largest absolute Gasteiger partial charge is 0.326 e. The first kappa shape index (κ1) is 19.1. The maximum Gasteiger partial charge on any atom is 0.225 e. The first-order valence-electron chi connectivity index (χ1n) is 7.62. The van der Waals surface area contributed by atoms with Crippen LogP contribution in [0.25, 0.3) is 0 Å². The minimum Gasteiger partial charge on any atom is -0.326 e. The van der Waals surface area contributed by atoms with Crippen molar-refractivity contribution in [2.45, 2.75) is 32.6 Å². The Hall–Kier alpha value is -1.91. The van der Waals surface area contributed by atoms with Gasteiger partial charge in [0.15, 0.2) is 0 Å². The van der Waals surface area contributed by atoms with E-state index in [2.05, 4.69) is 5.32 Å². The number of hydrogen-bond acceptors (Lipinski definition) is 4. The quantitative estimate of drug-likeness (QED) is 0.700. The molecule has 1 aromatic rings. The van der Waals surface area contributed by atoms with Gasteiger partial charge in [-0.1, -0.05) is 25.8 Å². The molecule has 0 saturated heterocycles. The summed E-state index contributed by atoms with van der Waals surface area (Å²) in [6.45, 7) is 2.64. The molecule has 0 aliphatic heterocycles. The number of rotatable bonds is 9. The van der Waals surface area contributed by atoms with Crippen LogP contribution in [0.4, 0.5) is 5.69 Å². The van der Waals surface area contributed by atoms with E-state index in [1.54, 1.807) is 24.3 Å². The number of anilines is 1. The van der Waals surface area contributed by atoms with Crippen LogP contribution in [0.5, 0.6) is 0 Å². The number of nitrogens with one attached hydrogen (secondary N) is 1. The Morgan fingerprint density at radius 1 is 1.30 bits per heavy atom. The Kier molecular flexibility index (Phi) is 7.72. The number of unbranched alkanes of at least 4 members (excludes halogenated alkanes) is 2. The van der Waals surface area contributed by atoms with Crippen molar-refractivity contribution < 1.29 is 13.2 Å². The van der Waals surface area contributed by atoms with Crippen molar-refractivity contribution in [3.05, 3.63) is 29.8 Å². The predicted octanol–water partition coefficient (Wildman–Crippen LogP) is 2.34. The second kappa shape index (κ2) is 9.28. The molecule has 0 fully saturated rings. The minimum atomic E-state index is -3.31. The van der Waals surface area contributed by atoms with Gasteiger partial charge in [0, 0.05) is 25.2 Å². The van der Waals surface area contributed by atoms with Gasteiger partial charge in [0.2, 0.25) is 15.9 Å². The van der Waals surface area contributed by atoms with Gasteiger partial charge in [-0.25, -0.2) is 12.7 Å². The van der Waals surface area contributed by atoms with Gasteiger partial charge in [-0.2, -0.15) is 5.26 Å². The molecule has 0 saturated carbocycles. The fourth-order valence-corrected chi connectivity index (χ4v) is 2.98. The van der Waals surface area contributed by atoms with E-state index in [9.17, 15) is 13.2 Å². The molecule has 0 radical (unpaired) electrons. The summed E-state index contributed by atoms with van der Waals surface area (Å²) in [5, 5.41) is 11.5. The number of amides is 1. The van der Waals surface area contributed by atoms with Crippen LogP contribution < -0.4 is 5.32 Å². The lowest BCUT2D eigenvalue weighted by Gasteiger charge is -2.19. The van der Waals surface area contributed by atoms with Crippen LogP contribution in [0, 0.1) is 11.3 Å². The topological polar surface area (TPSA) is 90.3 Å². The molecule has 0 bridgehead atoms. The molecular formula is C16H23N3O3S. The smallest absolute Gasteiger partial charge is 0.225 e. The molecular weight excluding hydrogens is 314 g/mol. The number of carbonyl (C=O) groups is 1. The lowest BCUT2D eigenvalue weighted by atomic mass is 10.2. The summed E-state index contributed by atoms with van der Waals surface area (Å²) < 4.78 is 24.8. The van der Waals surface area contributed by atoms with Crippen molar-refractivity contribution in [2.75, 3.05) is 24.7 Å². The van der Waals surface area contributed by atoms with Gasteiger partial charge < -0.3 is 5.32 Å². The number of sulfonamides is 1. The Morgan fingerprint density at radius 2 is 2.04 bits per heavy atom. The Labute approximate surface area is 138 Å². The summed E-state index contributed by atoms with van der Waals surface area (Å²) in [6.07, 6.45) is 3.99. The van der Waals surface area contributed by atoms with Crippen LogP contribution in [-0.2, 0) is 14.8 Å². The third-order valence-corrected chi connectivity index (χ3v) is 4.65. The fourth-order valence-electron chi connectivity index (χ4n) is 2.10. The van der Waals surface area contributed by atoms with Gasteiger partial charge in [-0.05, 0) is 24.6 Å². The highest BCUT2D eigenvalue weighted by Gasteiger charge is 2.17. The van der Waals surface area contributed by atoms with E-state index in [1.165, 1.54) is 4.31 Å². The van der Waals surface area contributed by atoms with Crippen molar-refractivity contribution >= 4 is 21.6 Å². The van der Waals surface area contributed by atoms with Gasteiger partial charge >= 0.3 is 0 Å². The summed E-state index contributed by atoms with van der Waals surface area (Å²) in [5.74, 6) is -0.274. The van der Waals surface area contributed by atoms with Crippen molar-refractivity contribution in [3.63, 3.8) is 0 Å². The third-order valence-electron chi connectivity index (χ3n) is 3.34. The van der Waals surface area contributed by atoms with E-state index >= 15 is 0 Å². The zero-order chi connectivity index (χ0) is 17.3. The highest BCUT2D eigenvalue weighted by atomic mass is 32.2. The highest BCUT2D eigenvalue weighted by Crippen LogP contribution is 2.11. The fraction of sp³-hybridized carbons (Fsp3) is 0.500. The second-order valence-corrected chi connectivity index (χ2v) is 7.34. The molecule has 1 N–H and O–H groups in total. The van der Waals surface area contributed by atoms with E-state index in [-0.39, 0.29) is 18.9 Å². The van der Waals surface area contributed by atoms with Gasteiger partial charge in [-0.15, -0.1) is 0 Å². The summed E-state index contributed by atoms with van der Waals surface area (Å²) in [4.78, 5) is 12.0. The minimum absolute atomic E-state index is 0.0793. The zero-order valence-corrected chi connectivity index (χ0v) is 14.4. The molecule has 1 aromatic carbocycles. The van der Waals surface area contributed by atoms with Crippen molar-refractivity contribution in [2.24, 2.45) is 0 Å². The summed E-state index contributed by atoms with van der Waals surface area (Å²) >= 11 is 0. The van der Waals surface area contributed by atoms with E-state index < -0.39 is 10.0 Å². The Morgan fingerprint density at radius 3 is 2.65 bits per heavy atom. The van der Waals surface area contributed by atoms with Crippen molar-refractivity contribution in [1.82, 2.24) is 4.31 Å². The van der Waals surface area contributed by atoms with Gasteiger partial charge in [0.1, 0.15) is 0 Å². The predicted molar refractivity (Wildman–Crippen MR) is 90.3 cm³/mol. The first-order valence-corrected chi connectivity index (χ1v) is 9.46. The molecule has 1 rings (SSSR count). The SMILES string of the molecule is CCCCCN(CCC(=O)Nc1cccc(C#N)c1)S(C)(=O)=O. The van der Waals surface area contributed by atoms with Gasteiger partial charge in [0.25, 0.3) is 0 Å². The average Bonchev–Trinajstić information content (AvgIpc) is 2.49. The maximum absolute atomic E-state index is 12.0. The molecule has 0 heterocycles. The van der Waals surface area contributed by atoms with E-state index in [1.807, 2.05) is 13.0 Å². The number of nitriles is 1. The van der Waals surface area contributed by atoms with Crippen LogP contribution in [0.1, 0.15) is 38.2 Å². The molecule has 7 heteroatoms. The monoisotopic (exact) mass is 337 g/mol. The lowest BCUT2D eigenvalue weighted by Crippen LogP contribution is -2.33. The van der Waals surface area contributed by atoms with Gasteiger partial charge in [-0.3, -0.25) is 4.79 Å². The molecule has 0 aliphatic carbocycles. The number of nitrogens with zero attached hydrogens (tertiary/aromatic N) is 2. The van der Waals surface area contributed by atoms with Crippen molar-refractivity contribution in [3.8, 4) is 6.07 Å². The number of benzene rings is 1. The second-order valence-electron chi connectivity index (χ2n) is 5.36. The molecule has 126 valence electrons. The van der Waals surface area contributed by atoms with E-state index in [4.69, 9.17) is 5.26 Å². The summed E-state index contributed by atoms with van der Waals surface area (Å²) in [6, 6.07) is 8.60. The van der Waals surface area contributed by atoms with Crippen LogP contribution in [0.2, 0.25) is 0 Å². The molecule has 0 spiro atoms. The standard InChI is InChI=1S/C16H23N3O3S/c1-3-4-5-10-19(23(2,21)22)11-9-16(20)18-15-8-6-7-14(12-15)13-17/h6-8,12H,3-5,9-11H2,1-2H3,(H,18,20). The zero-order valence-electron chi connectivity index (χ0n) is 13.6. The van der Waals surface area contributed by atoms with Crippen LogP contribution in [-0.4, -0.2) is 38.0 Å². The summed E-state index contributed by atoms with van der Waals surface area (Å²) in [5.41, 5.74) is 0.992. The normalized spacial score (nSPS) is 11.2. The molecule has 6 nitrogen and oxygen atoms in total. The first-order chi connectivity index (χ1) is 10.9. The third kappa shape index (κ3) is 7.26. The van der Waals surface area contributed by atoms with Crippen molar-refractivity contribution in [1.29, 1.82) is 5.26 Å². The van der Waals surface area contributed by atoms with Crippen LogP contribution in [0.15, 0.2) is 24.3 Å². The average molecular weight is 337 g/mol. The van der Waals surface area contributed by atoms with Gasteiger partial charge in [0.05, 0.1) is 17.9 Å². The maximum atomic E-state index is 12.0. The molecule has 0 aliphatic rings. The molecule has 23 heavy (non-hydrogen) atoms. The highest BCUT2D eigenvalue weighted by molar-refractivity contribution is 7.88. The van der Waals surface area contributed by atoms with E-state index in [0.717, 1.165) is 25.5 Å². The molecule has 1 amide bonds. The number of carbonyl (C=O) groups excluding carboxylic acids is 1. The Bertz CT molecular complexity index is 665. The Balaban J connectivity index is 2.56. The van der Waals surface area contributed by atoms with Crippen LogP contribution >= 0.6 is 0 Å². The van der Waals surface area contributed by atoms with Crippen LogP contribution in [0.3, 0.4) is 0 Å². The summed E-state index contributed by atoms with van der Waals surface area (Å²) in [7, 11) is -3.31. The lowest BCUT2D eigenvalue weighted by molar-refractivity contribution is -0.116. The molecule has 0 aromatic heterocycles. The molecule has 0 atom stereocenters. The molecule has 0 unspecified atom stereocenters.